The molecule has 23 heavy (non-hydrogen) atoms. The minimum atomic E-state index is 0.347. The summed E-state index contributed by atoms with van der Waals surface area (Å²) in [6, 6.07) is 13.2. The van der Waals surface area contributed by atoms with Crippen LogP contribution in [0, 0.1) is 13.8 Å². The van der Waals surface area contributed by atoms with E-state index in [0.29, 0.717) is 11.8 Å². The summed E-state index contributed by atoms with van der Waals surface area (Å²) in [6.45, 7) is 9.96. The molecule has 120 valence electrons. The Labute approximate surface area is 139 Å². The lowest BCUT2D eigenvalue weighted by Gasteiger charge is -2.37. The van der Waals surface area contributed by atoms with E-state index in [2.05, 4.69) is 42.7 Å². The fourth-order valence-corrected chi connectivity index (χ4v) is 3.52. The quantitative estimate of drug-likeness (QED) is 0.850. The molecular weight excluding hydrogens is 282 g/mol. The van der Waals surface area contributed by atoms with Crippen LogP contribution in [0.3, 0.4) is 0 Å². The second-order valence-corrected chi connectivity index (χ2v) is 6.58. The van der Waals surface area contributed by atoms with Gasteiger partial charge in [0.05, 0.1) is 0 Å². The van der Waals surface area contributed by atoms with Gasteiger partial charge in [0.25, 0.3) is 0 Å². The summed E-state index contributed by atoms with van der Waals surface area (Å²) in [5, 5.41) is 10.0. The van der Waals surface area contributed by atoms with Crippen LogP contribution in [0.1, 0.15) is 33.9 Å². The Morgan fingerprint density at radius 1 is 1.22 bits per heavy atom. The van der Waals surface area contributed by atoms with E-state index in [0.717, 1.165) is 31.5 Å². The van der Waals surface area contributed by atoms with Crippen molar-refractivity contribution >= 4 is 0 Å². The Balaban J connectivity index is 1.95. The van der Waals surface area contributed by atoms with Crippen LogP contribution in [-0.4, -0.2) is 23.1 Å². The van der Waals surface area contributed by atoms with Crippen molar-refractivity contribution < 1.29 is 5.11 Å². The third kappa shape index (κ3) is 3.32. The first kappa shape index (κ1) is 15.8. The van der Waals surface area contributed by atoms with Crippen LogP contribution in [0.2, 0.25) is 0 Å². The van der Waals surface area contributed by atoms with Gasteiger partial charge in [0, 0.05) is 19.1 Å². The molecule has 0 spiro atoms. The Morgan fingerprint density at radius 3 is 2.78 bits per heavy atom. The molecule has 1 aliphatic heterocycles. The van der Waals surface area contributed by atoms with Gasteiger partial charge >= 0.3 is 0 Å². The van der Waals surface area contributed by atoms with E-state index in [1.165, 1.54) is 22.3 Å². The lowest BCUT2D eigenvalue weighted by Crippen LogP contribution is -2.36. The van der Waals surface area contributed by atoms with Crippen LogP contribution in [0.5, 0.6) is 5.75 Å². The van der Waals surface area contributed by atoms with Gasteiger partial charge in [-0.3, -0.25) is 4.90 Å². The van der Waals surface area contributed by atoms with E-state index >= 15 is 0 Å². The normalized spacial score (nSPS) is 17.7. The van der Waals surface area contributed by atoms with Crippen LogP contribution < -0.4 is 0 Å². The minimum absolute atomic E-state index is 0.347. The molecule has 1 aliphatic rings. The van der Waals surface area contributed by atoms with Crippen molar-refractivity contribution in [3.63, 3.8) is 0 Å². The summed E-state index contributed by atoms with van der Waals surface area (Å²) < 4.78 is 0. The van der Waals surface area contributed by atoms with E-state index in [1.54, 1.807) is 0 Å². The fraction of sp³-hybridized carbons (Fsp3) is 0.333. The van der Waals surface area contributed by atoms with Gasteiger partial charge in [0.1, 0.15) is 5.75 Å². The molecule has 3 rings (SSSR count). The Morgan fingerprint density at radius 2 is 2.04 bits per heavy atom. The van der Waals surface area contributed by atoms with Crippen LogP contribution in [0.15, 0.2) is 49.1 Å². The number of phenolic OH excluding ortho intramolecular Hbond substituents is 1. The molecule has 0 radical (unpaired) electrons. The second-order valence-electron chi connectivity index (χ2n) is 6.58. The van der Waals surface area contributed by atoms with E-state index in [1.807, 2.05) is 25.1 Å². The first-order chi connectivity index (χ1) is 11.1. The predicted octanol–water partition coefficient (Wildman–Crippen LogP) is 4.34. The van der Waals surface area contributed by atoms with Gasteiger partial charge in [0.15, 0.2) is 0 Å². The first-order valence-electron chi connectivity index (χ1n) is 8.31. The van der Waals surface area contributed by atoms with E-state index in [4.69, 9.17) is 0 Å². The highest BCUT2D eigenvalue weighted by Crippen LogP contribution is 2.33. The molecule has 2 nitrogen and oxygen atoms in total. The molecule has 0 saturated heterocycles. The maximum atomic E-state index is 10.0. The maximum Gasteiger partial charge on any atom is 0.118 e. The molecule has 2 aromatic carbocycles. The molecular formula is C21H25NO. The van der Waals surface area contributed by atoms with E-state index in [9.17, 15) is 5.11 Å². The Hall–Kier alpha value is -2.06. The van der Waals surface area contributed by atoms with Gasteiger partial charge < -0.3 is 5.11 Å². The minimum Gasteiger partial charge on any atom is -0.508 e. The summed E-state index contributed by atoms with van der Waals surface area (Å²) in [7, 11) is 0. The van der Waals surface area contributed by atoms with Gasteiger partial charge in [0.2, 0.25) is 0 Å². The molecule has 2 heteroatoms. The molecule has 1 atom stereocenters. The Kier molecular flexibility index (Phi) is 4.53. The van der Waals surface area contributed by atoms with Crippen molar-refractivity contribution in [1.82, 2.24) is 4.90 Å². The third-order valence-corrected chi connectivity index (χ3v) is 4.83. The topological polar surface area (TPSA) is 23.5 Å². The molecule has 0 saturated carbocycles. The smallest absolute Gasteiger partial charge is 0.118 e. The molecule has 0 aliphatic carbocycles. The number of aryl methyl sites for hydroxylation is 2. The van der Waals surface area contributed by atoms with Gasteiger partial charge in [-0.1, -0.05) is 42.0 Å². The standard InChI is InChI=1S/C21H25NO/c1-4-10-22-11-9-18-12-15(2)5-8-19(18)20(22)13-17-7-6-16(3)21(23)14-17/h4-8,12,14,20,23H,1,9-11,13H2,2-3H3/t20-/m1/s1. The van der Waals surface area contributed by atoms with Gasteiger partial charge in [-0.2, -0.15) is 0 Å². The zero-order valence-corrected chi connectivity index (χ0v) is 14.0. The summed E-state index contributed by atoms with van der Waals surface area (Å²) in [6.07, 6.45) is 4.00. The average molecular weight is 307 g/mol. The highest BCUT2D eigenvalue weighted by atomic mass is 16.3. The largest absolute Gasteiger partial charge is 0.508 e. The lowest BCUT2D eigenvalue weighted by atomic mass is 9.87. The van der Waals surface area contributed by atoms with E-state index in [-0.39, 0.29) is 0 Å². The number of hydrogen-bond donors (Lipinski definition) is 1. The number of phenols is 1. The lowest BCUT2D eigenvalue weighted by molar-refractivity contribution is 0.204. The molecule has 0 unspecified atom stereocenters. The first-order valence-corrected chi connectivity index (χ1v) is 8.31. The number of fused-ring (bicyclic) bond motifs is 1. The van der Waals surface area contributed by atoms with Crippen LogP contribution >= 0.6 is 0 Å². The zero-order chi connectivity index (χ0) is 16.4. The van der Waals surface area contributed by atoms with Gasteiger partial charge in [-0.25, -0.2) is 0 Å². The molecule has 0 fully saturated rings. The summed E-state index contributed by atoms with van der Waals surface area (Å²) in [4.78, 5) is 2.49. The molecule has 2 aromatic rings. The second kappa shape index (κ2) is 6.59. The van der Waals surface area contributed by atoms with Crippen LogP contribution in [-0.2, 0) is 12.8 Å². The van der Waals surface area contributed by atoms with Crippen molar-refractivity contribution in [3.05, 3.63) is 76.9 Å². The molecule has 0 bridgehead atoms. The molecule has 0 aromatic heterocycles. The monoisotopic (exact) mass is 307 g/mol. The number of benzene rings is 2. The number of nitrogens with zero attached hydrogens (tertiary/aromatic N) is 1. The third-order valence-electron chi connectivity index (χ3n) is 4.83. The molecule has 0 amide bonds. The Bertz CT molecular complexity index is 720. The maximum absolute atomic E-state index is 10.0. The summed E-state index contributed by atoms with van der Waals surface area (Å²) >= 11 is 0. The van der Waals surface area contributed by atoms with Crippen molar-refractivity contribution in [2.24, 2.45) is 0 Å². The van der Waals surface area contributed by atoms with Crippen molar-refractivity contribution in [1.29, 1.82) is 0 Å². The number of aromatic hydroxyl groups is 1. The van der Waals surface area contributed by atoms with Crippen molar-refractivity contribution in [2.45, 2.75) is 32.7 Å². The summed E-state index contributed by atoms with van der Waals surface area (Å²) in [5.74, 6) is 0.387. The number of hydrogen-bond acceptors (Lipinski definition) is 2. The predicted molar refractivity (Wildman–Crippen MR) is 95.9 cm³/mol. The fourth-order valence-electron chi connectivity index (χ4n) is 3.52. The van der Waals surface area contributed by atoms with Crippen molar-refractivity contribution in [3.8, 4) is 5.75 Å². The SMILES string of the molecule is C=CCN1CCc2cc(C)ccc2[C@H]1Cc1ccc(C)c(O)c1. The summed E-state index contributed by atoms with van der Waals surface area (Å²) in [5.41, 5.74) is 6.32. The molecule has 1 N–H and O–H groups in total. The average Bonchev–Trinajstić information content (AvgIpc) is 2.53. The highest BCUT2D eigenvalue weighted by molar-refractivity contribution is 5.39. The van der Waals surface area contributed by atoms with Crippen molar-refractivity contribution in [2.75, 3.05) is 13.1 Å². The number of rotatable bonds is 4. The van der Waals surface area contributed by atoms with Gasteiger partial charge in [-0.05, 0) is 55.0 Å². The van der Waals surface area contributed by atoms with E-state index < -0.39 is 0 Å². The van der Waals surface area contributed by atoms with Gasteiger partial charge in [-0.15, -0.1) is 6.58 Å². The van der Waals surface area contributed by atoms with Crippen LogP contribution in [0.25, 0.3) is 0 Å². The highest BCUT2D eigenvalue weighted by Gasteiger charge is 2.26. The van der Waals surface area contributed by atoms with Crippen LogP contribution in [0.4, 0.5) is 0 Å². The zero-order valence-electron chi connectivity index (χ0n) is 14.0. The molecule has 1 heterocycles.